The summed E-state index contributed by atoms with van der Waals surface area (Å²) in [5.74, 6) is -0.413. The highest BCUT2D eigenvalue weighted by Gasteiger charge is 2.45. The predicted octanol–water partition coefficient (Wildman–Crippen LogP) is 1.78. The van der Waals surface area contributed by atoms with Gasteiger partial charge in [-0.1, -0.05) is 13.8 Å². The minimum Gasteiger partial charge on any atom is -0.467 e. The zero-order valence-corrected chi connectivity index (χ0v) is 12.4. The molecular weight excluding hydrogens is 250 g/mol. The number of carbonyl (C=O) groups excluding carboxylic acids is 2. The topological polar surface area (TPSA) is 65.1 Å². The Bertz CT molecular complexity index is 347. The lowest BCUT2D eigenvalue weighted by atomic mass is 9.98. The first-order valence-corrected chi connectivity index (χ1v) is 6.36. The number of hydrogen-bond donors (Lipinski definition) is 0. The Balaban J connectivity index is 2.84. The van der Waals surface area contributed by atoms with Crippen molar-refractivity contribution >= 4 is 12.1 Å². The van der Waals surface area contributed by atoms with Crippen LogP contribution in [0, 0.1) is 5.92 Å². The fourth-order valence-electron chi connectivity index (χ4n) is 2.04. The van der Waals surface area contributed by atoms with Gasteiger partial charge in [-0.2, -0.15) is 0 Å². The van der Waals surface area contributed by atoms with Gasteiger partial charge in [0.05, 0.1) is 13.2 Å². The van der Waals surface area contributed by atoms with Gasteiger partial charge in [0.1, 0.15) is 12.3 Å². The van der Waals surface area contributed by atoms with Crippen LogP contribution in [0.25, 0.3) is 0 Å². The molecule has 110 valence electrons. The second-order valence-electron chi connectivity index (χ2n) is 5.92. The summed E-state index contributed by atoms with van der Waals surface area (Å²) in [6.45, 7) is 9.27. The van der Waals surface area contributed by atoms with Gasteiger partial charge in [-0.25, -0.2) is 9.59 Å². The fraction of sp³-hybridized carbons (Fsp3) is 0.846. The van der Waals surface area contributed by atoms with Crippen LogP contribution < -0.4 is 0 Å². The third-order valence-electron chi connectivity index (χ3n) is 2.81. The zero-order chi connectivity index (χ0) is 14.8. The SMILES string of the molecule is COC(=O)[C@@H]1OCN(C(=O)OC(C)(C)C)[C@H]1C(C)C. The molecule has 0 spiro atoms. The van der Waals surface area contributed by atoms with E-state index in [0.29, 0.717) is 0 Å². The lowest BCUT2D eigenvalue weighted by molar-refractivity contribution is -0.152. The van der Waals surface area contributed by atoms with Crippen molar-refractivity contribution in [2.75, 3.05) is 13.8 Å². The minimum atomic E-state index is -0.752. The van der Waals surface area contributed by atoms with Crippen molar-refractivity contribution in [3.05, 3.63) is 0 Å². The van der Waals surface area contributed by atoms with Gasteiger partial charge < -0.3 is 14.2 Å². The second kappa shape index (κ2) is 5.77. The number of carbonyl (C=O) groups is 2. The molecule has 0 saturated carbocycles. The third kappa shape index (κ3) is 3.83. The molecule has 6 nitrogen and oxygen atoms in total. The van der Waals surface area contributed by atoms with E-state index in [4.69, 9.17) is 14.2 Å². The van der Waals surface area contributed by atoms with Crippen molar-refractivity contribution in [1.29, 1.82) is 0 Å². The second-order valence-corrected chi connectivity index (χ2v) is 5.92. The summed E-state index contributed by atoms with van der Waals surface area (Å²) in [4.78, 5) is 25.2. The zero-order valence-electron chi connectivity index (χ0n) is 12.4. The van der Waals surface area contributed by atoms with Gasteiger partial charge in [-0.05, 0) is 26.7 Å². The van der Waals surface area contributed by atoms with Crippen molar-refractivity contribution in [2.24, 2.45) is 5.92 Å². The molecule has 0 aliphatic carbocycles. The van der Waals surface area contributed by atoms with Gasteiger partial charge in [0, 0.05) is 0 Å². The van der Waals surface area contributed by atoms with Gasteiger partial charge in [-0.3, -0.25) is 4.90 Å². The Hall–Kier alpha value is -1.30. The van der Waals surface area contributed by atoms with Crippen molar-refractivity contribution in [2.45, 2.75) is 52.4 Å². The number of esters is 1. The van der Waals surface area contributed by atoms with Crippen LogP contribution in [0.3, 0.4) is 0 Å². The number of rotatable bonds is 2. The summed E-state index contributed by atoms with van der Waals surface area (Å²) in [6.07, 6.45) is -1.23. The van der Waals surface area contributed by atoms with E-state index in [0.717, 1.165) is 0 Å². The summed E-state index contributed by atoms with van der Waals surface area (Å²) in [5.41, 5.74) is -0.581. The monoisotopic (exact) mass is 273 g/mol. The Morgan fingerprint density at radius 2 is 1.89 bits per heavy atom. The van der Waals surface area contributed by atoms with Crippen molar-refractivity contribution in [1.82, 2.24) is 4.90 Å². The van der Waals surface area contributed by atoms with Gasteiger partial charge in [0.25, 0.3) is 0 Å². The van der Waals surface area contributed by atoms with Gasteiger partial charge in [-0.15, -0.1) is 0 Å². The maximum atomic E-state index is 12.1. The first-order chi connectivity index (χ1) is 8.67. The van der Waals surface area contributed by atoms with Gasteiger partial charge in [0.15, 0.2) is 6.10 Å². The number of hydrogen-bond acceptors (Lipinski definition) is 5. The normalized spacial score (nSPS) is 23.6. The first kappa shape index (κ1) is 15.8. The van der Waals surface area contributed by atoms with Gasteiger partial charge in [0.2, 0.25) is 0 Å². The first-order valence-electron chi connectivity index (χ1n) is 6.36. The van der Waals surface area contributed by atoms with E-state index < -0.39 is 23.8 Å². The van der Waals surface area contributed by atoms with Crippen LogP contribution in [-0.2, 0) is 19.0 Å². The molecule has 19 heavy (non-hydrogen) atoms. The molecule has 1 amide bonds. The molecule has 6 heteroatoms. The van der Waals surface area contributed by atoms with Crippen LogP contribution in [0.4, 0.5) is 4.79 Å². The van der Waals surface area contributed by atoms with Crippen LogP contribution in [-0.4, -0.2) is 48.5 Å². The van der Waals surface area contributed by atoms with Crippen molar-refractivity contribution in [3.63, 3.8) is 0 Å². The molecule has 1 saturated heterocycles. The average Bonchev–Trinajstić information content (AvgIpc) is 2.70. The molecule has 0 radical (unpaired) electrons. The van der Waals surface area contributed by atoms with Crippen LogP contribution in [0.1, 0.15) is 34.6 Å². The van der Waals surface area contributed by atoms with E-state index in [9.17, 15) is 9.59 Å². The number of methoxy groups -OCH3 is 1. The molecule has 1 aliphatic rings. The summed E-state index contributed by atoms with van der Waals surface area (Å²) in [5, 5.41) is 0. The summed E-state index contributed by atoms with van der Waals surface area (Å²) < 4.78 is 15.4. The summed E-state index contributed by atoms with van der Waals surface area (Å²) in [7, 11) is 1.30. The maximum absolute atomic E-state index is 12.1. The highest BCUT2D eigenvalue weighted by atomic mass is 16.6. The summed E-state index contributed by atoms with van der Waals surface area (Å²) >= 11 is 0. The number of ether oxygens (including phenoxy) is 3. The standard InChI is InChI=1S/C13H23NO5/c1-8(2)9-10(11(15)17-6)18-7-14(9)12(16)19-13(3,4)5/h8-10H,7H2,1-6H3/t9-,10+/m0/s1. The molecule has 1 rings (SSSR count). The molecule has 1 fully saturated rings. The van der Waals surface area contributed by atoms with E-state index >= 15 is 0 Å². The largest absolute Gasteiger partial charge is 0.467 e. The fourth-order valence-corrected chi connectivity index (χ4v) is 2.04. The Morgan fingerprint density at radius 3 is 2.32 bits per heavy atom. The van der Waals surface area contributed by atoms with E-state index in [1.54, 1.807) is 20.8 Å². The smallest absolute Gasteiger partial charge is 0.412 e. The summed E-state index contributed by atoms with van der Waals surface area (Å²) in [6, 6.07) is -0.373. The van der Waals surface area contributed by atoms with E-state index in [2.05, 4.69) is 0 Å². The molecule has 0 bridgehead atoms. The van der Waals surface area contributed by atoms with Gasteiger partial charge >= 0.3 is 12.1 Å². The minimum absolute atomic E-state index is 0.0392. The Morgan fingerprint density at radius 1 is 1.32 bits per heavy atom. The molecule has 0 aromatic carbocycles. The molecule has 0 N–H and O–H groups in total. The molecule has 0 aromatic rings. The number of nitrogens with zero attached hydrogens (tertiary/aromatic N) is 1. The van der Waals surface area contributed by atoms with Crippen LogP contribution in [0.2, 0.25) is 0 Å². The Labute approximate surface area is 114 Å². The highest BCUT2D eigenvalue weighted by Crippen LogP contribution is 2.26. The van der Waals surface area contributed by atoms with Crippen LogP contribution in [0.15, 0.2) is 0 Å². The Kier molecular flexibility index (Phi) is 4.79. The lowest BCUT2D eigenvalue weighted by Gasteiger charge is -2.30. The predicted molar refractivity (Wildman–Crippen MR) is 68.5 cm³/mol. The lowest BCUT2D eigenvalue weighted by Crippen LogP contribution is -2.47. The quantitative estimate of drug-likeness (QED) is 0.717. The third-order valence-corrected chi connectivity index (χ3v) is 2.81. The number of amides is 1. The molecule has 2 atom stereocenters. The average molecular weight is 273 g/mol. The van der Waals surface area contributed by atoms with E-state index in [-0.39, 0.29) is 18.7 Å². The van der Waals surface area contributed by atoms with Crippen LogP contribution in [0.5, 0.6) is 0 Å². The van der Waals surface area contributed by atoms with Crippen LogP contribution >= 0.6 is 0 Å². The van der Waals surface area contributed by atoms with E-state index in [1.165, 1.54) is 12.0 Å². The molecule has 1 heterocycles. The molecule has 0 unspecified atom stereocenters. The molecular formula is C13H23NO5. The molecule has 1 aliphatic heterocycles. The maximum Gasteiger partial charge on any atom is 0.412 e. The highest BCUT2D eigenvalue weighted by molar-refractivity contribution is 5.78. The molecule has 0 aromatic heterocycles. The van der Waals surface area contributed by atoms with Crippen molar-refractivity contribution in [3.8, 4) is 0 Å². The van der Waals surface area contributed by atoms with E-state index in [1.807, 2.05) is 13.8 Å². The van der Waals surface area contributed by atoms with Crippen molar-refractivity contribution < 1.29 is 23.8 Å².